The molecule has 0 aromatic heterocycles. The summed E-state index contributed by atoms with van der Waals surface area (Å²) in [5.74, 6) is -4.13. The number of benzene rings is 1. The Morgan fingerprint density at radius 3 is 1.97 bits per heavy atom. The van der Waals surface area contributed by atoms with Gasteiger partial charge in [0.15, 0.2) is 0 Å². The molecule has 0 saturated carbocycles. The summed E-state index contributed by atoms with van der Waals surface area (Å²) < 4.78 is 0. The van der Waals surface area contributed by atoms with Crippen molar-refractivity contribution in [2.75, 3.05) is 6.61 Å². The molecule has 1 aromatic rings. The number of aliphatic hydroxyl groups is 2. The van der Waals surface area contributed by atoms with Gasteiger partial charge in [-0.2, -0.15) is 0 Å². The number of carboxylic acids is 1. The van der Waals surface area contributed by atoms with E-state index in [0.717, 1.165) is 0 Å². The molecule has 12 nitrogen and oxygen atoms in total. The van der Waals surface area contributed by atoms with E-state index in [0.29, 0.717) is 12.0 Å². The quantitative estimate of drug-likeness (QED) is 0.159. The maximum Gasteiger partial charge on any atom is 0.328 e. The number of aromatic hydroxyl groups is 1. The van der Waals surface area contributed by atoms with Gasteiger partial charge in [0.2, 0.25) is 17.7 Å². The molecule has 0 aliphatic heterocycles. The summed E-state index contributed by atoms with van der Waals surface area (Å²) >= 11 is 0. The van der Waals surface area contributed by atoms with E-state index in [9.17, 15) is 34.5 Å². The molecule has 190 valence electrons. The second-order valence-corrected chi connectivity index (χ2v) is 8.15. The van der Waals surface area contributed by atoms with Crippen molar-refractivity contribution in [3.63, 3.8) is 0 Å². The van der Waals surface area contributed by atoms with Crippen LogP contribution in [0.3, 0.4) is 0 Å². The normalized spacial score (nSPS) is 16.3. The van der Waals surface area contributed by atoms with Gasteiger partial charge in [0.1, 0.15) is 23.9 Å². The third-order valence-electron chi connectivity index (χ3n) is 5.43. The van der Waals surface area contributed by atoms with Gasteiger partial charge in [0.05, 0.1) is 18.8 Å². The predicted octanol–water partition coefficient (Wildman–Crippen LogP) is -1.78. The molecule has 0 radical (unpaired) electrons. The lowest BCUT2D eigenvalue weighted by Crippen LogP contribution is -2.60. The Morgan fingerprint density at radius 2 is 1.50 bits per heavy atom. The fraction of sp³-hybridized carbons (Fsp3) is 0.545. The summed E-state index contributed by atoms with van der Waals surface area (Å²) in [5.41, 5.74) is 6.41. The lowest BCUT2D eigenvalue weighted by atomic mass is 9.98. The van der Waals surface area contributed by atoms with Crippen LogP contribution in [0.5, 0.6) is 5.75 Å². The molecule has 34 heavy (non-hydrogen) atoms. The van der Waals surface area contributed by atoms with Crippen molar-refractivity contribution < 1.29 is 39.6 Å². The Hall–Kier alpha value is -3.22. The smallest absolute Gasteiger partial charge is 0.328 e. The summed E-state index contributed by atoms with van der Waals surface area (Å²) in [6.45, 7) is 4.01. The van der Waals surface area contributed by atoms with Crippen LogP contribution >= 0.6 is 0 Å². The number of carboxylic acid groups (broad SMARTS) is 1. The van der Waals surface area contributed by atoms with E-state index in [1.807, 2.05) is 6.92 Å². The largest absolute Gasteiger partial charge is 0.508 e. The van der Waals surface area contributed by atoms with Crippen LogP contribution in [-0.2, 0) is 25.6 Å². The highest BCUT2D eigenvalue weighted by Crippen LogP contribution is 2.12. The number of carbonyl (C=O) groups excluding carboxylic acids is 3. The van der Waals surface area contributed by atoms with Crippen LogP contribution in [0.1, 0.15) is 32.8 Å². The second-order valence-electron chi connectivity index (χ2n) is 8.15. The number of amides is 3. The van der Waals surface area contributed by atoms with Crippen LogP contribution in [0, 0.1) is 5.92 Å². The number of phenolic OH excluding ortho intramolecular Hbond substituents is 1. The number of carbonyl (C=O) groups is 4. The van der Waals surface area contributed by atoms with E-state index < -0.39 is 60.6 Å². The number of nitrogens with two attached hydrogens (primary N) is 1. The summed E-state index contributed by atoms with van der Waals surface area (Å²) in [5, 5.41) is 44.8. The van der Waals surface area contributed by atoms with Gasteiger partial charge in [-0.3, -0.25) is 14.4 Å². The van der Waals surface area contributed by atoms with Crippen molar-refractivity contribution in [2.24, 2.45) is 11.7 Å². The van der Waals surface area contributed by atoms with Crippen LogP contribution < -0.4 is 21.7 Å². The molecule has 1 rings (SSSR count). The lowest BCUT2D eigenvalue weighted by Gasteiger charge is -2.27. The average molecular weight is 483 g/mol. The molecule has 0 fully saturated rings. The van der Waals surface area contributed by atoms with Gasteiger partial charge in [0.25, 0.3) is 0 Å². The summed E-state index contributed by atoms with van der Waals surface area (Å²) in [6.07, 6.45) is -0.831. The molecule has 0 saturated heterocycles. The lowest BCUT2D eigenvalue weighted by molar-refractivity contribution is -0.143. The molecule has 0 spiro atoms. The maximum absolute atomic E-state index is 12.9. The fourth-order valence-electron chi connectivity index (χ4n) is 2.96. The number of phenols is 1. The van der Waals surface area contributed by atoms with Gasteiger partial charge in [-0.1, -0.05) is 32.4 Å². The molecule has 9 N–H and O–H groups in total. The summed E-state index contributed by atoms with van der Waals surface area (Å²) in [6, 6.07) is 0.453. The number of rotatable bonds is 13. The number of hydrogen-bond acceptors (Lipinski definition) is 8. The van der Waals surface area contributed by atoms with Gasteiger partial charge in [-0.25, -0.2) is 4.79 Å². The maximum atomic E-state index is 12.9. The van der Waals surface area contributed by atoms with E-state index in [1.165, 1.54) is 31.2 Å². The topological polar surface area (TPSA) is 211 Å². The van der Waals surface area contributed by atoms with Crippen LogP contribution in [0.25, 0.3) is 0 Å². The molecule has 0 heterocycles. The van der Waals surface area contributed by atoms with Gasteiger partial charge in [-0.15, -0.1) is 0 Å². The minimum atomic E-state index is -1.60. The first-order chi connectivity index (χ1) is 15.9. The van der Waals surface area contributed by atoms with Gasteiger partial charge in [0, 0.05) is 6.42 Å². The molecule has 12 heteroatoms. The molecule has 6 unspecified atom stereocenters. The Kier molecular flexibility index (Phi) is 11.4. The Bertz CT molecular complexity index is 846. The van der Waals surface area contributed by atoms with Crippen LogP contribution in [0.15, 0.2) is 24.3 Å². The van der Waals surface area contributed by atoms with Crippen molar-refractivity contribution >= 4 is 23.7 Å². The zero-order valence-corrected chi connectivity index (χ0v) is 19.4. The van der Waals surface area contributed by atoms with Crippen LogP contribution in [0.2, 0.25) is 0 Å². The first-order valence-electron chi connectivity index (χ1n) is 10.9. The fourth-order valence-corrected chi connectivity index (χ4v) is 2.96. The van der Waals surface area contributed by atoms with Gasteiger partial charge >= 0.3 is 5.97 Å². The van der Waals surface area contributed by atoms with E-state index in [1.54, 1.807) is 6.92 Å². The van der Waals surface area contributed by atoms with E-state index in [2.05, 4.69) is 16.0 Å². The van der Waals surface area contributed by atoms with Crippen molar-refractivity contribution in [3.05, 3.63) is 29.8 Å². The highest BCUT2D eigenvalue weighted by atomic mass is 16.4. The third-order valence-corrected chi connectivity index (χ3v) is 5.43. The van der Waals surface area contributed by atoms with E-state index in [4.69, 9.17) is 10.8 Å². The second kappa shape index (κ2) is 13.5. The highest BCUT2D eigenvalue weighted by molar-refractivity contribution is 5.94. The summed E-state index contributed by atoms with van der Waals surface area (Å²) in [7, 11) is 0. The number of aliphatic carboxylic acids is 1. The summed E-state index contributed by atoms with van der Waals surface area (Å²) in [4.78, 5) is 49.3. The third kappa shape index (κ3) is 8.61. The number of hydrogen-bond donors (Lipinski definition) is 8. The first kappa shape index (κ1) is 28.8. The van der Waals surface area contributed by atoms with Crippen molar-refractivity contribution in [2.45, 2.75) is 63.9 Å². The Labute approximate surface area is 197 Å². The molecule has 0 aliphatic rings. The van der Waals surface area contributed by atoms with Gasteiger partial charge < -0.3 is 42.1 Å². The van der Waals surface area contributed by atoms with Crippen molar-refractivity contribution in [1.29, 1.82) is 0 Å². The zero-order chi connectivity index (χ0) is 26.0. The zero-order valence-electron chi connectivity index (χ0n) is 19.4. The van der Waals surface area contributed by atoms with E-state index in [-0.39, 0.29) is 18.1 Å². The first-order valence-corrected chi connectivity index (χ1v) is 10.9. The average Bonchev–Trinajstić information content (AvgIpc) is 2.79. The minimum absolute atomic E-state index is 0.0189. The number of nitrogens with one attached hydrogen (secondary N) is 3. The molecular weight excluding hydrogens is 448 g/mol. The highest BCUT2D eigenvalue weighted by Gasteiger charge is 2.33. The van der Waals surface area contributed by atoms with Crippen molar-refractivity contribution in [3.8, 4) is 5.75 Å². The molecule has 6 atom stereocenters. The number of aliphatic hydroxyl groups excluding tert-OH is 2. The molecule has 0 bridgehead atoms. The predicted molar refractivity (Wildman–Crippen MR) is 121 cm³/mol. The van der Waals surface area contributed by atoms with Gasteiger partial charge in [-0.05, 0) is 30.5 Å². The van der Waals surface area contributed by atoms with Crippen LogP contribution in [-0.4, -0.2) is 81.0 Å². The monoisotopic (exact) mass is 482 g/mol. The minimum Gasteiger partial charge on any atom is -0.508 e. The molecule has 1 aromatic carbocycles. The SMILES string of the molecule is CCC(C)C(N)C(=O)NC(C(=O)NC(Cc1ccc(O)cc1)C(=O)NC(CO)C(=O)O)C(C)O. The Balaban J connectivity index is 3.10. The Morgan fingerprint density at radius 1 is 0.941 bits per heavy atom. The van der Waals surface area contributed by atoms with Crippen molar-refractivity contribution in [1.82, 2.24) is 16.0 Å². The van der Waals surface area contributed by atoms with E-state index >= 15 is 0 Å². The molecular formula is C22H34N4O8. The standard InChI is InChI=1S/C22H34N4O8/c1-4-11(2)17(23)20(31)26-18(12(3)28)21(32)24-15(9-13-5-7-14(29)8-6-13)19(30)25-16(10-27)22(33)34/h5-8,11-12,15-18,27-29H,4,9-10,23H2,1-3H3,(H,24,32)(H,25,30)(H,26,31)(H,33,34). The molecule has 0 aliphatic carbocycles. The molecule has 3 amide bonds. The van der Waals surface area contributed by atoms with Crippen LogP contribution in [0.4, 0.5) is 0 Å².